The minimum absolute atomic E-state index is 0.560. The molecule has 5 heteroatoms. The highest BCUT2D eigenvalue weighted by atomic mass is 16.4. The van der Waals surface area contributed by atoms with Crippen molar-refractivity contribution < 1.29 is 9.90 Å². The third-order valence-electron chi connectivity index (χ3n) is 2.83. The van der Waals surface area contributed by atoms with Crippen LogP contribution in [0.4, 0.5) is 5.82 Å². The highest BCUT2D eigenvalue weighted by molar-refractivity contribution is 5.91. The van der Waals surface area contributed by atoms with E-state index in [2.05, 4.69) is 22.2 Å². The lowest BCUT2D eigenvalue weighted by molar-refractivity contribution is -0.137. The van der Waals surface area contributed by atoms with Gasteiger partial charge in [0, 0.05) is 5.39 Å². The summed E-state index contributed by atoms with van der Waals surface area (Å²) in [4.78, 5) is 19.1. The molecule has 0 amide bonds. The number of anilines is 1. The fraction of sp³-hybridized carbons (Fsp3) is 0.308. The number of carbonyl (C=O) groups is 1. The van der Waals surface area contributed by atoms with Crippen LogP contribution >= 0.6 is 0 Å². The number of aliphatic carboxylic acids is 1. The van der Waals surface area contributed by atoms with E-state index in [-0.39, 0.29) is 0 Å². The van der Waals surface area contributed by atoms with Gasteiger partial charge in [-0.15, -0.1) is 0 Å². The summed E-state index contributed by atoms with van der Waals surface area (Å²) in [5.74, 6) is -0.349. The van der Waals surface area contributed by atoms with E-state index >= 15 is 0 Å². The average molecular weight is 245 g/mol. The van der Waals surface area contributed by atoms with E-state index in [1.165, 1.54) is 11.9 Å². The standard InChI is InChI=1S/C13H15N3O2/c1-3-9-4-5-11-10(6-9)12(15-7-14-11)16-8(2)13(17)18/h4-8H,3H2,1-2H3,(H,17,18)(H,14,15,16). The van der Waals surface area contributed by atoms with Gasteiger partial charge in [0.1, 0.15) is 18.2 Å². The fourth-order valence-electron chi connectivity index (χ4n) is 1.71. The predicted octanol–water partition coefficient (Wildman–Crippen LogP) is 2.08. The SMILES string of the molecule is CCc1ccc2ncnc(NC(C)C(=O)O)c2c1. The zero-order chi connectivity index (χ0) is 13.1. The minimum Gasteiger partial charge on any atom is -0.480 e. The third-order valence-corrected chi connectivity index (χ3v) is 2.83. The smallest absolute Gasteiger partial charge is 0.325 e. The Kier molecular flexibility index (Phi) is 3.41. The monoisotopic (exact) mass is 245 g/mol. The van der Waals surface area contributed by atoms with Crippen molar-refractivity contribution in [3.05, 3.63) is 30.1 Å². The van der Waals surface area contributed by atoms with Crippen LogP contribution in [0, 0.1) is 0 Å². The highest BCUT2D eigenvalue weighted by Gasteiger charge is 2.13. The molecule has 1 atom stereocenters. The van der Waals surface area contributed by atoms with E-state index in [9.17, 15) is 4.79 Å². The van der Waals surface area contributed by atoms with E-state index in [0.717, 1.165) is 17.3 Å². The topological polar surface area (TPSA) is 75.1 Å². The summed E-state index contributed by atoms with van der Waals surface area (Å²) in [7, 11) is 0. The lowest BCUT2D eigenvalue weighted by atomic mass is 10.1. The van der Waals surface area contributed by atoms with Gasteiger partial charge >= 0.3 is 5.97 Å². The molecule has 0 fully saturated rings. The molecule has 2 N–H and O–H groups in total. The van der Waals surface area contributed by atoms with Crippen molar-refractivity contribution >= 4 is 22.7 Å². The predicted molar refractivity (Wildman–Crippen MR) is 69.6 cm³/mol. The lowest BCUT2D eigenvalue weighted by Gasteiger charge is -2.12. The van der Waals surface area contributed by atoms with E-state index in [1.54, 1.807) is 6.92 Å². The highest BCUT2D eigenvalue weighted by Crippen LogP contribution is 2.21. The van der Waals surface area contributed by atoms with Crippen molar-refractivity contribution in [2.75, 3.05) is 5.32 Å². The maximum atomic E-state index is 10.9. The number of hydrogen-bond acceptors (Lipinski definition) is 4. The van der Waals surface area contributed by atoms with Gasteiger partial charge in [0.25, 0.3) is 0 Å². The average Bonchev–Trinajstić information content (AvgIpc) is 2.38. The van der Waals surface area contributed by atoms with Crippen molar-refractivity contribution in [1.82, 2.24) is 9.97 Å². The molecule has 1 aromatic heterocycles. The first-order valence-corrected chi connectivity index (χ1v) is 5.84. The number of nitrogens with zero attached hydrogens (tertiary/aromatic N) is 2. The van der Waals surface area contributed by atoms with Gasteiger partial charge in [0.2, 0.25) is 0 Å². The number of aryl methyl sites for hydroxylation is 1. The second-order valence-electron chi connectivity index (χ2n) is 4.13. The van der Waals surface area contributed by atoms with Crippen molar-refractivity contribution in [2.45, 2.75) is 26.3 Å². The second kappa shape index (κ2) is 5.00. The molecule has 5 nitrogen and oxygen atoms in total. The Morgan fingerprint density at radius 3 is 2.89 bits per heavy atom. The molecule has 0 aliphatic carbocycles. The molecule has 0 aliphatic rings. The normalized spacial score (nSPS) is 12.3. The number of carboxylic acid groups (broad SMARTS) is 1. The molecular weight excluding hydrogens is 230 g/mol. The number of nitrogens with one attached hydrogen (secondary N) is 1. The second-order valence-corrected chi connectivity index (χ2v) is 4.13. The first-order valence-electron chi connectivity index (χ1n) is 5.84. The fourth-order valence-corrected chi connectivity index (χ4v) is 1.71. The summed E-state index contributed by atoms with van der Waals surface area (Å²) < 4.78 is 0. The van der Waals surface area contributed by atoms with Gasteiger partial charge in [0.05, 0.1) is 5.52 Å². The zero-order valence-corrected chi connectivity index (χ0v) is 10.3. The first-order chi connectivity index (χ1) is 8.61. The zero-order valence-electron chi connectivity index (χ0n) is 10.3. The van der Waals surface area contributed by atoms with Crippen molar-refractivity contribution in [3.63, 3.8) is 0 Å². The van der Waals surface area contributed by atoms with Crippen LogP contribution in [0.15, 0.2) is 24.5 Å². The van der Waals surface area contributed by atoms with Crippen molar-refractivity contribution in [2.24, 2.45) is 0 Å². The number of fused-ring (bicyclic) bond motifs is 1. The number of benzene rings is 1. The van der Waals surface area contributed by atoms with Crippen LogP contribution in [-0.2, 0) is 11.2 Å². The van der Waals surface area contributed by atoms with E-state index < -0.39 is 12.0 Å². The van der Waals surface area contributed by atoms with Crippen LogP contribution in [0.2, 0.25) is 0 Å². The quantitative estimate of drug-likeness (QED) is 0.862. The molecule has 1 aromatic carbocycles. The van der Waals surface area contributed by atoms with Gasteiger partial charge in [0.15, 0.2) is 0 Å². The third kappa shape index (κ3) is 2.40. The van der Waals surface area contributed by atoms with Gasteiger partial charge in [-0.25, -0.2) is 9.97 Å². The summed E-state index contributed by atoms with van der Waals surface area (Å²) in [6, 6.07) is 5.24. The van der Waals surface area contributed by atoms with Gasteiger partial charge in [-0.2, -0.15) is 0 Å². The Hall–Kier alpha value is -2.17. The summed E-state index contributed by atoms with van der Waals surface area (Å²) >= 11 is 0. The molecule has 0 radical (unpaired) electrons. The van der Waals surface area contributed by atoms with Gasteiger partial charge in [-0.05, 0) is 31.0 Å². The molecule has 18 heavy (non-hydrogen) atoms. The van der Waals surface area contributed by atoms with Crippen LogP contribution < -0.4 is 5.32 Å². The number of rotatable bonds is 4. The number of hydrogen-bond donors (Lipinski definition) is 2. The Bertz CT molecular complexity index is 583. The molecule has 0 bridgehead atoms. The molecule has 0 saturated heterocycles. The number of aromatic nitrogens is 2. The van der Waals surface area contributed by atoms with E-state index in [1.807, 2.05) is 18.2 Å². The van der Waals surface area contributed by atoms with Crippen LogP contribution in [0.5, 0.6) is 0 Å². The van der Waals surface area contributed by atoms with E-state index in [4.69, 9.17) is 5.11 Å². The van der Waals surface area contributed by atoms with Gasteiger partial charge in [-0.1, -0.05) is 13.0 Å². The Morgan fingerprint density at radius 1 is 1.44 bits per heavy atom. The number of carboxylic acids is 1. The van der Waals surface area contributed by atoms with Crippen LogP contribution in [0.3, 0.4) is 0 Å². The molecule has 1 unspecified atom stereocenters. The summed E-state index contributed by atoms with van der Waals surface area (Å²) in [5.41, 5.74) is 1.98. The van der Waals surface area contributed by atoms with Crippen molar-refractivity contribution in [3.8, 4) is 0 Å². The van der Waals surface area contributed by atoms with Crippen LogP contribution in [0.1, 0.15) is 19.4 Å². The van der Waals surface area contributed by atoms with Crippen molar-refractivity contribution in [1.29, 1.82) is 0 Å². The van der Waals surface area contributed by atoms with Crippen LogP contribution in [0.25, 0.3) is 10.9 Å². The molecule has 0 spiro atoms. The lowest BCUT2D eigenvalue weighted by Crippen LogP contribution is -2.26. The molecular formula is C13H15N3O2. The molecule has 94 valence electrons. The molecule has 2 aromatic rings. The van der Waals surface area contributed by atoms with Gasteiger partial charge in [-0.3, -0.25) is 4.79 Å². The minimum atomic E-state index is -0.909. The molecule has 2 rings (SSSR count). The maximum Gasteiger partial charge on any atom is 0.325 e. The largest absolute Gasteiger partial charge is 0.480 e. The Labute approximate surface area is 105 Å². The molecule has 0 aliphatic heterocycles. The summed E-state index contributed by atoms with van der Waals surface area (Å²) in [5, 5.41) is 12.6. The Morgan fingerprint density at radius 2 is 2.22 bits per heavy atom. The van der Waals surface area contributed by atoms with E-state index in [0.29, 0.717) is 5.82 Å². The summed E-state index contributed by atoms with van der Waals surface area (Å²) in [6.45, 7) is 3.65. The first kappa shape index (κ1) is 12.3. The maximum absolute atomic E-state index is 10.9. The Balaban J connectivity index is 2.46. The van der Waals surface area contributed by atoms with Crippen LogP contribution in [-0.4, -0.2) is 27.1 Å². The molecule has 0 saturated carbocycles. The molecule has 1 heterocycles. The summed E-state index contributed by atoms with van der Waals surface area (Å²) in [6.07, 6.45) is 2.35. The van der Waals surface area contributed by atoms with Gasteiger partial charge < -0.3 is 10.4 Å².